The number of amides is 1. The molecule has 0 aliphatic rings. The summed E-state index contributed by atoms with van der Waals surface area (Å²) in [4.78, 5) is 33.6. The lowest BCUT2D eigenvalue weighted by molar-refractivity contribution is -0.167. The first-order valence-electron chi connectivity index (χ1n) is 5.91. The van der Waals surface area contributed by atoms with Crippen molar-refractivity contribution in [3.8, 4) is 0 Å². The molecular formula is C12H12F3NO5S. The Hall–Kier alpha value is -2.10. The van der Waals surface area contributed by atoms with Gasteiger partial charge < -0.3 is 15.2 Å². The van der Waals surface area contributed by atoms with Crippen LogP contribution >= 0.6 is 11.3 Å². The summed E-state index contributed by atoms with van der Waals surface area (Å²) in [5.74, 6) is -4.73. The Bertz CT molecular complexity index is 621. The largest absolute Gasteiger partial charge is 0.477 e. The Morgan fingerprint density at radius 2 is 1.82 bits per heavy atom. The summed E-state index contributed by atoms with van der Waals surface area (Å²) in [6.45, 7) is 4.29. The van der Waals surface area contributed by atoms with Gasteiger partial charge in [0.25, 0.3) is 0 Å². The third-order valence-corrected chi connectivity index (χ3v) is 3.57. The van der Waals surface area contributed by atoms with E-state index < -0.39 is 40.7 Å². The van der Waals surface area contributed by atoms with Crippen LogP contribution in [0.3, 0.4) is 0 Å². The second-order valence-corrected chi connectivity index (χ2v) is 5.49. The van der Waals surface area contributed by atoms with Gasteiger partial charge >= 0.3 is 24.0 Å². The van der Waals surface area contributed by atoms with Crippen LogP contribution in [0.15, 0.2) is 0 Å². The molecule has 0 atom stereocenters. The number of alkyl halides is 3. The van der Waals surface area contributed by atoms with Crippen LogP contribution in [-0.2, 0) is 9.53 Å². The number of rotatable bonds is 4. The summed E-state index contributed by atoms with van der Waals surface area (Å²) in [6, 6.07) is 0. The molecule has 6 nitrogen and oxygen atoms in total. The van der Waals surface area contributed by atoms with Gasteiger partial charge in [-0.3, -0.25) is 4.79 Å². The predicted octanol–water partition coefficient (Wildman–Crippen LogP) is 2.82. The number of carbonyl (C=O) groups excluding carboxylic acids is 2. The van der Waals surface area contributed by atoms with Crippen LogP contribution in [0.4, 0.5) is 18.2 Å². The highest BCUT2D eigenvalue weighted by atomic mass is 32.1. The van der Waals surface area contributed by atoms with E-state index in [1.807, 2.05) is 0 Å². The molecule has 0 unspecified atom stereocenters. The molecule has 1 heterocycles. The number of nitrogens with one attached hydrogen (secondary N) is 1. The SMILES string of the molecule is Cc1c(C(=O)O)sc(NC(=O)C(F)(F)F)c1C(=O)OC(C)C. The van der Waals surface area contributed by atoms with Gasteiger partial charge in [0.15, 0.2) is 0 Å². The first-order valence-corrected chi connectivity index (χ1v) is 6.72. The van der Waals surface area contributed by atoms with Crippen molar-refractivity contribution in [1.82, 2.24) is 0 Å². The van der Waals surface area contributed by atoms with Gasteiger partial charge in [-0.15, -0.1) is 11.3 Å². The number of carboxylic acid groups (broad SMARTS) is 1. The zero-order valence-corrected chi connectivity index (χ0v) is 12.5. The standard InChI is InChI=1S/C12H12F3NO5S/c1-4(2)21-10(19)6-5(3)7(9(17)18)22-8(6)16-11(20)12(13,14)15/h4H,1-3H3,(H,16,20)(H,17,18). The first-order chi connectivity index (χ1) is 9.95. The normalized spacial score (nSPS) is 11.4. The number of carboxylic acids is 1. The summed E-state index contributed by atoms with van der Waals surface area (Å²) in [6.07, 6.45) is -5.73. The summed E-state index contributed by atoms with van der Waals surface area (Å²) in [7, 11) is 0. The summed E-state index contributed by atoms with van der Waals surface area (Å²) in [5.41, 5.74) is -0.464. The second kappa shape index (κ2) is 6.34. The molecule has 0 saturated heterocycles. The minimum absolute atomic E-state index is 0.0689. The van der Waals surface area contributed by atoms with Crippen molar-refractivity contribution in [3.05, 3.63) is 16.0 Å². The van der Waals surface area contributed by atoms with E-state index in [4.69, 9.17) is 9.84 Å². The molecule has 1 amide bonds. The number of halogens is 3. The third kappa shape index (κ3) is 3.97. The Labute approximate surface area is 126 Å². The van der Waals surface area contributed by atoms with Gasteiger partial charge in [-0.2, -0.15) is 13.2 Å². The van der Waals surface area contributed by atoms with Crippen LogP contribution in [0.1, 0.15) is 39.4 Å². The summed E-state index contributed by atoms with van der Waals surface area (Å²) in [5, 5.41) is 9.98. The molecule has 0 aromatic carbocycles. The minimum Gasteiger partial charge on any atom is -0.477 e. The maximum Gasteiger partial charge on any atom is 0.471 e. The van der Waals surface area contributed by atoms with E-state index in [9.17, 15) is 27.6 Å². The van der Waals surface area contributed by atoms with Gasteiger partial charge in [0.05, 0.1) is 11.7 Å². The van der Waals surface area contributed by atoms with Crippen molar-refractivity contribution in [2.75, 3.05) is 5.32 Å². The smallest absolute Gasteiger partial charge is 0.471 e. The van der Waals surface area contributed by atoms with E-state index in [0.29, 0.717) is 11.3 Å². The lowest BCUT2D eigenvalue weighted by atomic mass is 10.1. The van der Waals surface area contributed by atoms with Gasteiger partial charge in [-0.25, -0.2) is 9.59 Å². The highest BCUT2D eigenvalue weighted by molar-refractivity contribution is 7.18. The molecule has 0 saturated carbocycles. The fourth-order valence-corrected chi connectivity index (χ4v) is 2.53. The average Bonchev–Trinajstić information content (AvgIpc) is 2.64. The number of esters is 1. The van der Waals surface area contributed by atoms with Crippen LogP contribution in [-0.4, -0.2) is 35.2 Å². The first kappa shape index (κ1) is 18.0. The lowest BCUT2D eigenvalue weighted by Gasteiger charge is -2.11. The van der Waals surface area contributed by atoms with Gasteiger partial charge in [-0.1, -0.05) is 0 Å². The van der Waals surface area contributed by atoms with Gasteiger partial charge in [-0.05, 0) is 26.3 Å². The molecule has 0 aliphatic carbocycles. The van der Waals surface area contributed by atoms with Crippen molar-refractivity contribution in [2.45, 2.75) is 33.1 Å². The van der Waals surface area contributed by atoms with E-state index in [1.165, 1.54) is 26.1 Å². The summed E-state index contributed by atoms with van der Waals surface area (Å²) >= 11 is 0.362. The molecule has 10 heteroatoms. The maximum absolute atomic E-state index is 12.3. The molecule has 1 aromatic heterocycles. The van der Waals surface area contributed by atoms with Gasteiger partial charge in [0.1, 0.15) is 9.88 Å². The molecule has 0 spiro atoms. The van der Waals surface area contributed by atoms with Crippen LogP contribution in [0.5, 0.6) is 0 Å². The molecule has 0 fully saturated rings. The van der Waals surface area contributed by atoms with Crippen LogP contribution in [0, 0.1) is 6.92 Å². The Balaban J connectivity index is 3.31. The average molecular weight is 339 g/mol. The molecule has 1 rings (SSSR count). The number of aromatic carboxylic acids is 1. The zero-order valence-electron chi connectivity index (χ0n) is 11.7. The fourth-order valence-electron chi connectivity index (χ4n) is 1.50. The third-order valence-electron chi connectivity index (χ3n) is 2.37. The molecule has 0 radical (unpaired) electrons. The van der Waals surface area contributed by atoms with E-state index in [-0.39, 0.29) is 10.4 Å². The quantitative estimate of drug-likeness (QED) is 0.823. The minimum atomic E-state index is -5.17. The van der Waals surface area contributed by atoms with E-state index in [2.05, 4.69) is 0 Å². The molecular weight excluding hydrogens is 327 g/mol. The molecule has 0 aliphatic heterocycles. The Kier molecular flexibility index (Phi) is 5.17. The van der Waals surface area contributed by atoms with Crippen molar-refractivity contribution >= 4 is 34.2 Å². The van der Waals surface area contributed by atoms with Crippen LogP contribution < -0.4 is 5.32 Å². The molecule has 2 N–H and O–H groups in total. The van der Waals surface area contributed by atoms with Crippen molar-refractivity contribution in [1.29, 1.82) is 0 Å². The van der Waals surface area contributed by atoms with E-state index in [0.717, 1.165) is 0 Å². The van der Waals surface area contributed by atoms with Crippen molar-refractivity contribution in [3.63, 3.8) is 0 Å². The topological polar surface area (TPSA) is 92.7 Å². The Morgan fingerprint density at radius 1 is 1.27 bits per heavy atom. The molecule has 22 heavy (non-hydrogen) atoms. The van der Waals surface area contributed by atoms with E-state index >= 15 is 0 Å². The predicted molar refractivity (Wildman–Crippen MR) is 71.3 cm³/mol. The number of thiophene rings is 1. The molecule has 0 bridgehead atoms. The maximum atomic E-state index is 12.3. The highest BCUT2D eigenvalue weighted by Crippen LogP contribution is 2.35. The van der Waals surface area contributed by atoms with Gasteiger partial charge in [0.2, 0.25) is 0 Å². The van der Waals surface area contributed by atoms with Gasteiger partial charge in [0, 0.05) is 0 Å². The van der Waals surface area contributed by atoms with E-state index in [1.54, 1.807) is 0 Å². The highest BCUT2D eigenvalue weighted by Gasteiger charge is 2.40. The molecule has 122 valence electrons. The number of hydrogen-bond acceptors (Lipinski definition) is 5. The fraction of sp³-hybridized carbons (Fsp3) is 0.417. The number of anilines is 1. The number of ether oxygens (including phenoxy) is 1. The number of hydrogen-bond donors (Lipinski definition) is 2. The number of carbonyl (C=O) groups is 3. The van der Waals surface area contributed by atoms with Crippen LogP contribution in [0.2, 0.25) is 0 Å². The van der Waals surface area contributed by atoms with Crippen molar-refractivity contribution < 1.29 is 37.4 Å². The Morgan fingerprint density at radius 3 is 2.23 bits per heavy atom. The van der Waals surface area contributed by atoms with Crippen molar-refractivity contribution in [2.24, 2.45) is 0 Å². The monoisotopic (exact) mass is 339 g/mol. The second-order valence-electron chi connectivity index (χ2n) is 4.47. The van der Waals surface area contributed by atoms with Crippen LogP contribution in [0.25, 0.3) is 0 Å². The zero-order chi connectivity index (χ0) is 17.2. The lowest BCUT2D eigenvalue weighted by Crippen LogP contribution is -2.30. The summed E-state index contributed by atoms with van der Waals surface area (Å²) < 4.78 is 41.8. The molecule has 1 aromatic rings.